The molecule has 1 aromatic rings. The maximum absolute atomic E-state index is 12.3. The Balaban J connectivity index is 1.99. The molecule has 3 N–H and O–H groups in total. The number of carbonyl (C=O) groups excluding carboxylic acids is 2. The van der Waals surface area contributed by atoms with Crippen molar-refractivity contribution in [3.05, 3.63) is 35.9 Å². The maximum atomic E-state index is 12.3. The van der Waals surface area contributed by atoms with Crippen LogP contribution in [0.1, 0.15) is 24.9 Å². The van der Waals surface area contributed by atoms with Crippen molar-refractivity contribution >= 4 is 11.9 Å². The Labute approximate surface area is 118 Å². The number of likely N-dealkylation sites (tertiary alicyclic amines) is 1. The van der Waals surface area contributed by atoms with E-state index in [1.807, 2.05) is 18.2 Å². The zero-order valence-electron chi connectivity index (χ0n) is 11.8. The zero-order chi connectivity index (χ0) is 14.3. The third kappa shape index (κ3) is 1.81. The van der Waals surface area contributed by atoms with Crippen LogP contribution in [-0.4, -0.2) is 31.1 Å². The number of nitrogens with one attached hydrogen (secondary N) is 3. The number of piperidine rings is 1. The van der Waals surface area contributed by atoms with Crippen LogP contribution in [0.25, 0.3) is 0 Å². The first-order chi connectivity index (χ1) is 9.54. The van der Waals surface area contributed by atoms with Gasteiger partial charge in [-0.25, -0.2) is 4.79 Å². The first kappa shape index (κ1) is 13.1. The summed E-state index contributed by atoms with van der Waals surface area (Å²) in [6.45, 7) is 2.92. The molecule has 20 heavy (non-hydrogen) atoms. The number of benzene rings is 1. The van der Waals surface area contributed by atoms with Crippen LogP contribution in [0.3, 0.4) is 0 Å². The number of carbonyl (C=O) groups is 2. The lowest BCUT2D eigenvalue weighted by Crippen LogP contribution is -3.12. The second-order valence-corrected chi connectivity index (χ2v) is 5.90. The topological polar surface area (TPSA) is 62.6 Å². The molecule has 0 saturated carbocycles. The van der Waals surface area contributed by atoms with Crippen LogP contribution in [0.2, 0.25) is 0 Å². The van der Waals surface area contributed by atoms with Crippen molar-refractivity contribution in [3.8, 4) is 0 Å². The van der Waals surface area contributed by atoms with Crippen molar-refractivity contribution in [2.24, 2.45) is 5.92 Å². The van der Waals surface area contributed by atoms with Crippen LogP contribution in [0.4, 0.5) is 4.79 Å². The Kier molecular flexibility index (Phi) is 3.01. The summed E-state index contributed by atoms with van der Waals surface area (Å²) in [6.07, 6.45) is 0.681. The third-order valence-corrected chi connectivity index (χ3v) is 4.85. The van der Waals surface area contributed by atoms with E-state index >= 15 is 0 Å². The van der Waals surface area contributed by atoms with Gasteiger partial charge in [0.25, 0.3) is 5.91 Å². The molecule has 2 aliphatic heterocycles. The average Bonchev–Trinajstić information content (AvgIpc) is 2.72. The van der Waals surface area contributed by atoms with Crippen LogP contribution < -0.4 is 15.5 Å². The molecule has 0 aromatic heterocycles. The fourth-order valence-corrected chi connectivity index (χ4v) is 3.72. The minimum absolute atomic E-state index is 0.0464. The average molecular weight is 274 g/mol. The van der Waals surface area contributed by atoms with E-state index in [2.05, 4.69) is 36.7 Å². The van der Waals surface area contributed by atoms with Gasteiger partial charge in [0.15, 0.2) is 0 Å². The van der Waals surface area contributed by atoms with Gasteiger partial charge in [-0.2, -0.15) is 0 Å². The molecule has 5 nitrogen and oxygen atoms in total. The summed E-state index contributed by atoms with van der Waals surface area (Å²) in [4.78, 5) is 25.2. The van der Waals surface area contributed by atoms with E-state index < -0.39 is 5.54 Å². The van der Waals surface area contributed by atoms with Crippen LogP contribution >= 0.6 is 0 Å². The molecule has 106 valence electrons. The molecule has 2 fully saturated rings. The summed E-state index contributed by atoms with van der Waals surface area (Å²) in [7, 11) is 2.15. The number of rotatable bonds is 1. The Morgan fingerprint density at radius 1 is 1.25 bits per heavy atom. The number of imide groups is 1. The molecule has 0 aliphatic carbocycles. The number of amides is 3. The summed E-state index contributed by atoms with van der Waals surface area (Å²) < 4.78 is 0. The maximum Gasteiger partial charge on any atom is 0.322 e. The van der Waals surface area contributed by atoms with Gasteiger partial charge in [-0.05, 0) is 0 Å². The molecule has 0 radical (unpaired) electrons. The normalized spacial score (nSPS) is 36.8. The lowest BCUT2D eigenvalue weighted by molar-refractivity contribution is -0.923. The molecule has 3 rings (SSSR count). The number of quaternary nitrogens is 1. The molecule has 1 aromatic carbocycles. The summed E-state index contributed by atoms with van der Waals surface area (Å²) in [5.41, 5.74) is 0.461. The predicted molar refractivity (Wildman–Crippen MR) is 74.1 cm³/mol. The van der Waals surface area contributed by atoms with Crippen molar-refractivity contribution < 1.29 is 14.5 Å². The first-order valence-corrected chi connectivity index (χ1v) is 7.05. The lowest BCUT2D eigenvalue weighted by Gasteiger charge is -2.44. The third-order valence-electron chi connectivity index (χ3n) is 4.85. The van der Waals surface area contributed by atoms with Gasteiger partial charge in [0.05, 0.1) is 13.6 Å². The van der Waals surface area contributed by atoms with Gasteiger partial charge in [-0.1, -0.05) is 37.3 Å². The second kappa shape index (κ2) is 4.59. The molecule has 0 bridgehead atoms. The quantitative estimate of drug-likeness (QED) is 0.624. The van der Waals surface area contributed by atoms with E-state index in [-0.39, 0.29) is 23.9 Å². The minimum Gasteiger partial charge on any atom is -0.331 e. The van der Waals surface area contributed by atoms with Gasteiger partial charge in [0.2, 0.25) is 0 Å². The molecule has 2 aliphatic rings. The molecular weight excluding hydrogens is 254 g/mol. The van der Waals surface area contributed by atoms with Crippen molar-refractivity contribution in [1.29, 1.82) is 0 Å². The van der Waals surface area contributed by atoms with E-state index in [0.29, 0.717) is 6.42 Å². The molecule has 1 unspecified atom stereocenters. The van der Waals surface area contributed by atoms with Crippen molar-refractivity contribution in [2.75, 3.05) is 13.6 Å². The van der Waals surface area contributed by atoms with Gasteiger partial charge < -0.3 is 10.2 Å². The van der Waals surface area contributed by atoms with E-state index in [1.165, 1.54) is 10.5 Å². The van der Waals surface area contributed by atoms with Gasteiger partial charge in [0.1, 0.15) is 11.6 Å². The predicted octanol–water partition coefficient (Wildman–Crippen LogP) is -0.140. The van der Waals surface area contributed by atoms with Crippen molar-refractivity contribution in [2.45, 2.75) is 24.9 Å². The fourth-order valence-electron chi connectivity index (χ4n) is 3.72. The summed E-state index contributed by atoms with van der Waals surface area (Å²) in [5, 5.41) is 5.27. The molecule has 3 amide bonds. The summed E-state index contributed by atoms with van der Waals surface area (Å²) in [5.74, 6) is -0.131. The highest BCUT2D eigenvalue weighted by Crippen LogP contribution is 2.35. The van der Waals surface area contributed by atoms with E-state index in [1.54, 1.807) is 0 Å². The number of hydrogen-bond acceptors (Lipinski definition) is 2. The lowest BCUT2D eigenvalue weighted by atomic mass is 9.72. The van der Waals surface area contributed by atoms with Crippen LogP contribution in [0.15, 0.2) is 30.3 Å². The second-order valence-electron chi connectivity index (χ2n) is 5.90. The Bertz CT molecular complexity index is 545. The van der Waals surface area contributed by atoms with Crippen molar-refractivity contribution in [1.82, 2.24) is 10.6 Å². The van der Waals surface area contributed by atoms with E-state index in [0.717, 1.165) is 6.54 Å². The minimum atomic E-state index is -0.753. The molecule has 2 saturated heterocycles. The Morgan fingerprint density at radius 2 is 1.95 bits per heavy atom. The molecule has 5 heteroatoms. The monoisotopic (exact) mass is 274 g/mol. The Morgan fingerprint density at radius 3 is 2.55 bits per heavy atom. The standard InChI is InChI=1S/C15H19N3O2/c1-10-12(11-6-4-3-5-7-11)18(2)9-8-15(10)13(19)16-14(20)17-15/h3-7,10,12H,8-9H2,1-2H3,(H2,16,17,19,20)/p+1/t10-,12-,15+/m1/s1. The summed E-state index contributed by atoms with van der Waals surface area (Å²) in [6, 6.07) is 10.1. The van der Waals surface area contributed by atoms with Gasteiger partial charge in [-0.3, -0.25) is 10.1 Å². The SMILES string of the molecule is C[C@@H]1[C@H](c2ccccc2)[NH+](C)CC[C@]12NC(=O)NC2=O. The Hall–Kier alpha value is -1.88. The highest BCUT2D eigenvalue weighted by atomic mass is 16.2. The zero-order valence-corrected chi connectivity index (χ0v) is 11.8. The van der Waals surface area contributed by atoms with Gasteiger partial charge in [-0.15, -0.1) is 0 Å². The first-order valence-electron chi connectivity index (χ1n) is 7.05. The summed E-state index contributed by atoms with van der Waals surface area (Å²) >= 11 is 0. The van der Waals surface area contributed by atoms with Crippen LogP contribution in [-0.2, 0) is 4.79 Å². The molecule has 1 spiro atoms. The van der Waals surface area contributed by atoms with Gasteiger partial charge in [0, 0.05) is 17.9 Å². The van der Waals surface area contributed by atoms with Crippen LogP contribution in [0, 0.1) is 5.92 Å². The smallest absolute Gasteiger partial charge is 0.322 e. The number of hydrogen-bond donors (Lipinski definition) is 3. The largest absolute Gasteiger partial charge is 0.331 e. The van der Waals surface area contributed by atoms with Crippen molar-refractivity contribution in [3.63, 3.8) is 0 Å². The van der Waals surface area contributed by atoms with E-state index in [9.17, 15) is 9.59 Å². The molecule has 4 atom stereocenters. The highest BCUT2D eigenvalue weighted by molar-refractivity contribution is 6.07. The van der Waals surface area contributed by atoms with E-state index in [4.69, 9.17) is 0 Å². The molecular formula is C15H20N3O2+. The highest BCUT2D eigenvalue weighted by Gasteiger charge is 2.57. The number of urea groups is 1. The fraction of sp³-hybridized carbons (Fsp3) is 0.467. The van der Waals surface area contributed by atoms with Crippen LogP contribution in [0.5, 0.6) is 0 Å². The molecule has 2 heterocycles. The van der Waals surface area contributed by atoms with Gasteiger partial charge >= 0.3 is 6.03 Å².